The number of nitrogens with one attached hydrogen (secondary N) is 1. The summed E-state index contributed by atoms with van der Waals surface area (Å²) < 4.78 is 5.66. The van der Waals surface area contributed by atoms with E-state index in [1.165, 1.54) is 0 Å². The maximum atomic E-state index is 11.9. The second-order valence-electron chi connectivity index (χ2n) is 5.10. The largest absolute Gasteiger partial charge is 0.493 e. The number of carbonyl (C=O) groups excluding carboxylic acids is 1. The van der Waals surface area contributed by atoms with Gasteiger partial charge < -0.3 is 10.1 Å². The molecule has 0 bridgehead atoms. The summed E-state index contributed by atoms with van der Waals surface area (Å²) in [5.41, 5.74) is 3.42. The van der Waals surface area contributed by atoms with Gasteiger partial charge in [-0.1, -0.05) is 12.1 Å². The Labute approximate surface area is 130 Å². The zero-order chi connectivity index (χ0) is 15.9. The van der Waals surface area contributed by atoms with Crippen molar-refractivity contribution in [3.8, 4) is 11.8 Å². The number of ether oxygens (including phenoxy) is 1. The lowest BCUT2D eigenvalue weighted by Crippen LogP contribution is -2.15. The molecule has 2 aromatic carbocycles. The first kappa shape index (κ1) is 15.6. The molecule has 0 saturated carbocycles. The zero-order valence-corrected chi connectivity index (χ0v) is 12.7. The number of carbonyl (C=O) groups is 1. The molecule has 0 unspecified atom stereocenters. The maximum Gasteiger partial charge on any atom is 0.227 e. The minimum absolute atomic E-state index is 0.116. The number of aryl methyl sites for hydroxylation is 2. The molecule has 4 nitrogen and oxygen atoms in total. The van der Waals surface area contributed by atoms with Crippen molar-refractivity contribution in [2.24, 2.45) is 0 Å². The Morgan fingerprint density at radius 1 is 1.18 bits per heavy atom. The van der Waals surface area contributed by atoms with Gasteiger partial charge in [-0.2, -0.15) is 5.26 Å². The number of amides is 1. The number of hydrogen-bond acceptors (Lipinski definition) is 3. The number of nitriles is 1. The van der Waals surface area contributed by atoms with E-state index in [2.05, 4.69) is 5.32 Å². The van der Waals surface area contributed by atoms with Crippen molar-refractivity contribution in [1.82, 2.24) is 0 Å². The highest BCUT2D eigenvalue weighted by Gasteiger charge is 2.05. The van der Waals surface area contributed by atoms with Gasteiger partial charge >= 0.3 is 0 Å². The van der Waals surface area contributed by atoms with Crippen molar-refractivity contribution >= 4 is 11.6 Å². The number of benzene rings is 2. The quantitative estimate of drug-likeness (QED) is 0.916. The molecule has 1 amide bonds. The van der Waals surface area contributed by atoms with Crippen molar-refractivity contribution in [2.75, 3.05) is 11.9 Å². The van der Waals surface area contributed by atoms with Gasteiger partial charge in [-0.25, -0.2) is 0 Å². The monoisotopic (exact) mass is 294 g/mol. The third-order valence-electron chi connectivity index (χ3n) is 3.23. The first-order valence-electron chi connectivity index (χ1n) is 7.08. The maximum absolute atomic E-state index is 11.9. The van der Waals surface area contributed by atoms with Crippen molar-refractivity contribution in [3.63, 3.8) is 0 Å². The zero-order valence-electron chi connectivity index (χ0n) is 12.7. The summed E-state index contributed by atoms with van der Waals surface area (Å²) in [4.78, 5) is 11.9. The summed E-state index contributed by atoms with van der Waals surface area (Å²) >= 11 is 0. The van der Waals surface area contributed by atoms with E-state index in [0.29, 0.717) is 17.9 Å². The molecular weight excluding hydrogens is 276 g/mol. The summed E-state index contributed by atoms with van der Waals surface area (Å²) in [5.74, 6) is 0.696. The molecule has 2 rings (SSSR count). The molecular formula is C18H18N2O2. The molecule has 0 saturated heterocycles. The van der Waals surface area contributed by atoms with E-state index in [9.17, 15) is 4.79 Å². The lowest BCUT2D eigenvalue weighted by molar-refractivity contribution is -0.116. The number of anilines is 1. The van der Waals surface area contributed by atoms with Crippen LogP contribution in [-0.2, 0) is 4.79 Å². The van der Waals surface area contributed by atoms with E-state index in [1.54, 1.807) is 24.3 Å². The fourth-order valence-corrected chi connectivity index (χ4v) is 1.97. The lowest BCUT2D eigenvalue weighted by atomic mass is 10.1. The molecule has 0 spiro atoms. The van der Waals surface area contributed by atoms with E-state index >= 15 is 0 Å². The van der Waals surface area contributed by atoms with Gasteiger partial charge in [0.1, 0.15) is 5.75 Å². The van der Waals surface area contributed by atoms with Crippen LogP contribution in [-0.4, -0.2) is 12.5 Å². The van der Waals surface area contributed by atoms with Gasteiger partial charge in [0.25, 0.3) is 0 Å². The van der Waals surface area contributed by atoms with Gasteiger partial charge in [-0.3, -0.25) is 4.79 Å². The van der Waals surface area contributed by atoms with Crippen LogP contribution < -0.4 is 10.1 Å². The van der Waals surface area contributed by atoms with Crippen LogP contribution in [0.3, 0.4) is 0 Å². The second kappa shape index (κ2) is 7.28. The number of hydrogen-bond donors (Lipinski definition) is 1. The molecule has 112 valence electrons. The fraction of sp³-hybridized carbons (Fsp3) is 0.222. The van der Waals surface area contributed by atoms with E-state index in [-0.39, 0.29) is 12.3 Å². The molecule has 0 fully saturated rings. The Balaban J connectivity index is 1.82. The highest BCUT2D eigenvalue weighted by molar-refractivity contribution is 5.90. The van der Waals surface area contributed by atoms with Crippen molar-refractivity contribution in [2.45, 2.75) is 20.3 Å². The van der Waals surface area contributed by atoms with Crippen LogP contribution in [0, 0.1) is 25.2 Å². The summed E-state index contributed by atoms with van der Waals surface area (Å²) in [6.45, 7) is 4.31. The average Bonchev–Trinajstić information content (AvgIpc) is 2.51. The number of nitrogens with zero attached hydrogens (tertiary/aromatic N) is 1. The minimum atomic E-state index is -0.116. The van der Waals surface area contributed by atoms with Crippen LogP contribution in [0.25, 0.3) is 0 Å². The van der Waals surface area contributed by atoms with Crippen LogP contribution in [0.15, 0.2) is 42.5 Å². The van der Waals surface area contributed by atoms with Crippen molar-refractivity contribution in [1.29, 1.82) is 5.26 Å². The summed E-state index contributed by atoms with van der Waals surface area (Å²) in [7, 11) is 0. The van der Waals surface area contributed by atoms with E-state index in [4.69, 9.17) is 10.00 Å². The van der Waals surface area contributed by atoms with Crippen LogP contribution in [0.1, 0.15) is 23.1 Å². The Hall–Kier alpha value is -2.80. The molecule has 0 aromatic heterocycles. The van der Waals surface area contributed by atoms with E-state index < -0.39 is 0 Å². The first-order valence-corrected chi connectivity index (χ1v) is 7.08. The smallest absolute Gasteiger partial charge is 0.227 e. The molecule has 0 radical (unpaired) electrons. The molecule has 2 aromatic rings. The standard InChI is InChI=1S/C18H18N2O2/c1-13-3-4-14(2)17(11-13)22-10-9-18(21)20-16-7-5-15(12-19)6-8-16/h3-8,11H,9-10H2,1-2H3,(H,20,21). The molecule has 0 aliphatic rings. The van der Waals surface area contributed by atoms with Gasteiger partial charge in [-0.15, -0.1) is 0 Å². The van der Waals surface area contributed by atoms with Crippen molar-refractivity contribution in [3.05, 3.63) is 59.2 Å². The summed E-state index contributed by atoms with van der Waals surface area (Å²) in [6.07, 6.45) is 0.271. The highest BCUT2D eigenvalue weighted by Crippen LogP contribution is 2.19. The second-order valence-corrected chi connectivity index (χ2v) is 5.10. The molecule has 22 heavy (non-hydrogen) atoms. The van der Waals surface area contributed by atoms with Crippen LogP contribution >= 0.6 is 0 Å². The normalized spacial score (nSPS) is 9.86. The van der Waals surface area contributed by atoms with E-state index in [0.717, 1.165) is 16.9 Å². The molecule has 4 heteroatoms. The molecule has 0 atom stereocenters. The summed E-state index contributed by atoms with van der Waals surface area (Å²) in [6, 6.07) is 14.8. The predicted molar refractivity (Wildman–Crippen MR) is 85.8 cm³/mol. The Morgan fingerprint density at radius 3 is 2.59 bits per heavy atom. The van der Waals surface area contributed by atoms with Crippen LogP contribution in [0.2, 0.25) is 0 Å². The third-order valence-corrected chi connectivity index (χ3v) is 3.23. The first-order chi connectivity index (χ1) is 10.6. The Bertz CT molecular complexity index is 700. The lowest BCUT2D eigenvalue weighted by Gasteiger charge is -2.10. The van der Waals surface area contributed by atoms with Gasteiger partial charge in [0.2, 0.25) is 5.91 Å². The van der Waals surface area contributed by atoms with Gasteiger partial charge in [0.05, 0.1) is 24.7 Å². The fourth-order valence-electron chi connectivity index (χ4n) is 1.97. The third kappa shape index (κ3) is 4.35. The molecule has 0 heterocycles. The number of rotatable bonds is 5. The highest BCUT2D eigenvalue weighted by atomic mass is 16.5. The van der Waals surface area contributed by atoms with Gasteiger partial charge in [0.15, 0.2) is 0 Å². The topological polar surface area (TPSA) is 62.1 Å². The Kier molecular flexibility index (Phi) is 5.16. The molecule has 0 aliphatic carbocycles. The minimum Gasteiger partial charge on any atom is -0.493 e. The van der Waals surface area contributed by atoms with Crippen molar-refractivity contribution < 1.29 is 9.53 Å². The van der Waals surface area contributed by atoms with Gasteiger partial charge in [0, 0.05) is 5.69 Å². The van der Waals surface area contributed by atoms with Crippen LogP contribution in [0.4, 0.5) is 5.69 Å². The van der Waals surface area contributed by atoms with Gasteiger partial charge in [-0.05, 0) is 55.3 Å². The Morgan fingerprint density at radius 2 is 1.91 bits per heavy atom. The predicted octanol–water partition coefficient (Wildman–Crippen LogP) is 3.58. The molecule has 0 aliphatic heterocycles. The van der Waals surface area contributed by atoms with Crippen LogP contribution in [0.5, 0.6) is 5.75 Å². The SMILES string of the molecule is Cc1ccc(C)c(OCCC(=O)Nc2ccc(C#N)cc2)c1. The average molecular weight is 294 g/mol. The summed E-state index contributed by atoms with van der Waals surface area (Å²) in [5, 5.41) is 11.5. The van der Waals surface area contributed by atoms with E-state index in [1.807, 2.05) is 38.1 Å². The molecule has 1 N–H and O–H groups in total.